The van der Waals surface area contributed by atoms with E-state index in [4.69, 9.17) is 0 Å². The van der Waals surface area contributed by atoms with Gasteiger partial charge in [-0.3, -0.25) is 0 Å². The van der Waals surface area contributed by atoms with Gasteiger partial charge >= 0.3 is 0 Å². The Morgan fingerprint density at radius 1 is 1.39 bits per heavy atom. The van der Waals surface area contributed by atoms with Gasteiger partial charge in [-0.2, -0.15) is 0 Å². The number of hydrogen-bond donors (Lipinski definition) is 1. The van der Waals surface area contributed by atoms with Crippen molar-refractivity contribution in [1.82, 2.24) is 4.90 Å². The van der Waals surface area contributed by atoms with Gasteiger partial charge in [0.1, 0.15) is 0 Å². The minimum atomic E-state index is 0.683. The Balaban J connectivity index is 1.76. The van der Waals surface area contributed by atoms with Crippen molar-refractivity contribution in [2.24, 2.45) is 0 Å². The summed E-state index contributed by atoms with van der Waals surface area (Å²) >= 11 is 0. The highest BCUT2D eigenvalue weighted by molar-refractivity contribution is 5.57. The summed E-state index contributed by atoms with van der Waals surface area (Å²) in [5, 5.41) is 3.49. The zero-order valence-electron chi connectivity index (χ0n) is 11.4. The second-order valence-corrected chi connectivity index (χ2v) is 5.19. The fourth-order valence-electron chi connectivity index (χ4n) is 2.61. The van der Waals surface area contributed by atoms with Crippen molar-refractivity contribution in [2.75, 3.05) is 32.0 Å². The summed E-state index contributed by atoms with van der Waals surface area (Å²) in [6, 6.07) is 8.70. The zero-order chi connectivity index (χ0) is 12.8. The minimum absolute atomic E-state index is 0.683. The molecule has 0 bridgehead atoms. The SMILES string of the molecule is C=CCCCN(C)CCC1CNc2ccccc21. The molecule has 1 atom stereocenters. The van der Waals surface area contributed by atoms with Crippen LogP contribution in [0.5, 0.6) is 0 Å². The Labute approximate surface area is 111 Å². The van der Waals surface area contributed by atoms with Gasteiger partial charge in [-0.15, -0.1) is 6.58 Å². The molecule has 18 heavy (non-hydrogen) atoms. The average molecular weight is 244 g/mol. The number of hydrogen-bond acceptors (Lipinski definition) is 2. The Morgan fingerprint density at radius 2 is 2.22 bits per heavy atom. The summed E-state index contributed by atoms with van der Waals surface area (Å²) in [5.41, 5.74) is 2.83. The standard InChI is InChI=1S/C16H24N2/c1-3-4-7-11-18(2)12-10-14-13-17-16-9-6-5-8-15(14)16/h3,5-6,8-9,14,17H,1,4,7,10-13H2,2H3. The van der Waals surface area contributed by atoms with E-state index in [-0.39, 0.29) is 0 Å². The first-order valence-electron chi connectivity index (χ1n) is 6.93. The van der Waals surface area contributed by atoms with Crippen LogP contribution in [0.15, 0.2) is 36.9 Å². The molecule has 1 unspecified atom stereocenters. The van der Waals surface area contributed by atoms with E-state index in [0.717, 1.165) is 13.0 Å². The molecule has 0 fully saturated rings. The Kier molecular flexibility index (Phi) is 4.82. The first-order valence-corrected chi connectivity index (χ1v) is 6.93. The lowest BCUT2D eigenvalue weighted by Crippen LogP contribution is -2.22. The van der Waals surface area contributed by atoms with Gasteiger partial charge < -0.3 is 10.2 Å². The lowest BCUT2D eigenvalue weighted by atomic mass is 9.98. The van der Waals surface area contributed by atoms with Crippen LogP contribution in [0.2, 0.25) is 0 Å². The highest BCUT2D eigenvalue weighted by Crippen LogP contribution is 2.33. The molecule has 0 spiro atoms. The van der Waals surface area contributed by atoms with Crippen molar-refractivity contribution in [3.8, 4) is 0 Å². The van der Waals surface area contributed by atoms with Gasteiger partial charge in [0.25, 0.3) is 0 Å². The Hall–Kier alpha value is -1.28. The third kappa shape index (κ3) is 3.36. The first kappa shape index (κ1) is 13.2. The van der Waals surface area contributed by atoms with Gasteiger partial charge in [-0.1, -0.05) is 24.3 Å². The number of benzene rings is 1. The number of rotatable bonds is 7. The molecule has 2 nitrogen and oxygen atoms in total. The van der Waals surface area contributed by atoms with Crippen molar-refractivity contribution in [1.29, 1.82) is 0 Å². The van der Waals surface area contributed by atoms with Gasteiger partial charge in [0, 0.05) is 18.2 Å². The number of para-hydroxylation sites is 1. The summed E-state index contributed by atoms with van der Waals surface area (Å²) in [6.45, 7) is 7.21. The van der Waals surface area contributed by atoms with Crippen LogP contribution in [-0.4, -0.2) is 31.6 Å². The monoisotopic (exact) mass is 244 g/mol. The molecular formula is C16H24N2. The van der Waals surface area contributed by atoms with Crippen LogP contribution in [-0.2, 0) is 0 Å². The van der Waals surface area contributed by atoms with Crippen LogP contribution in [0.4, 0.5) is 5.69 Å². The first-order chi connectivity index (χ1) is 8.81. The minimum Gasteiger partial charge on any atom is -0.384 e. The van der Waals surface area contributed by atoms with E-state index in [1.165, 1.54) is 37.2 Å². The van der Waals surface area contributed by atoms with Crippen LogP contribution < -0.4 is 5.32 Å². The fourth-order valence-corrected chi connectivity index (χ4v) is 2.61. The molecule has 2 rings (SSSR count). The summed E-state index contributed by atoms with van der Waals surface area (Å²) in [4.78, 5) is 2.43. The number of unbranched alkanes of at least 4 members (excludes halogenated alkanes) is 1. The molecule has 0 radical (unpaired) electrons. The van der Waals surface area contributed by atoms with Crippen molar-refractivity contribution in [3.05, 3.63) is 42.5 Å². The molecule has 0 saturated heterocycles. The summed E-state index contributed by atoms with van der Waals surface area (Å²) in [7, 11) is 2.22. The predicted molar refractivity (Wildman–Crippen MR) is 79.2 cm³/mol. The van der Waals surface area contributed by atoms with Crippen molar-refractivity contribution >= 4 is 5.69 Å². The molecule has 1 aromatic rings. The molecule has 0 amide bonds. The molecule has 1 heterocycles. The quantitative estimate of drug-likeness (QED) is 0.583. The predicted octanol–water partition coefficient (Wildman–Crippen LogP) is 3.48. The molecule has 1 N–H and O–H groups in total. The molecule has 2 heteroatoms. The summed E-state index contributed by atoms with van der Waals surface area (Å²) in [5.74, 6) is 0.683. The van der Waals surface area contributed by atoms with E-state index in [2.05, 4.69) is 48.1 Å². The van der Waals surface area contributed by atoms with Crippen LogP contribution in [0, 0.1) is 0 Å². The normalized spacial score (nSPS) is 17.6. The number of nitrogens with one attached hydrogen (secondary N) is 1. The van der Waals surface area contributed by atoms with Gasteiger partial charge in [-0.25, -0.2) is 0 Å². The van der Waals surface area contributed by atoms with E-state index in [0.29, 0.717) is 5.92 Å². The second-order valence-electron chi connectivity index (χ2n) is 5.19. The number of anilines is 1. The van der Waals surface area contributed by atoms with E-state index in [1.807, 2.05) is 6.08 Å². The zero-order valence-corrected chi connectivity index (χ0v) is 11.4. The molecule has 0 saturated carbocycles. The highest BCUT2D eigenvalue weighted by atomic mass is 15.1. The molecule has 98 valence electrons. The summed E-state index contributed by atoms with van der Waals surface area (Å²) in [6.07, 6.45) is 5.59. The van der Waals surface area contributed by atoms with Crippen LogP contribution in [0.25, 0.3) is 0 Å². The Bertz CT molecular complexity index is 386. The van der Waals surface area contributed by atoms with Crippen molar-refractivity contribution < 1.29 is 0 Å². The number of nitrogens with zero attached hydrogens (tertiary/aromatic N) is 1. The maximum atomic E-state index is 3.76. The third-order valence-electron chi connectivity index (χ3n) is 3.75. The van der Waals surface area contributed by atoms with Crippen LogP contribution in [0.3, 0.4) is 0 Å². The summed E-state index contributed by atoms with van der Waals surface area (Å²) < 4.78 is 0. The van der Waals surface area contributed by atoms with E-state index in [9.17, 15) is 0 Å². The molecule has 1 aliphatic rings. The van der Waals surface area contributed by atoms with Gasteiger partial charge in [-0.05, 0) is 51.0 Å². The largest absolute Gasteiger partial charge is 0.384 e. The fraction of sp³-hybridized carbons (Fsp3) is 0.500. The van der Waals surface area contributed by atoms with Gasteiger partial charge in [0.15, 0.2) is 0 Å². The molecule has 0 aromatic heterocycles. The third-order valence-corrected chi connectivity index (χ3v) is 3.75. The lowest BCUT2D eigenvalue weighted by molar-refractivity contribution is 0.317. The molecule has 1 aliphatic heterocycles. The molecule has 1 aromatic carbocycles. The number of fused-ring (bicyclic) bond motifs is 1. The van der Waals surface area contributed by atoms with Crippen LogP contribution >= 0.6 is 0 Å². The highest BCUT2D eigenvalue weighted by Gasteiger charge is 2.21. The van der Waals surface area contributed by atoms with E-state index < -0.39 is 0 Å². The maximum Gasteiger partial charge on any atom is 0.0376 e. The second kappa shape index (κ2) is 6.60. The lowest BCUT2D eigenvalue weighted by Gasteiger charge is -2.18. The number of allylic oxidation sites excluding steroid dienone is 1. The smallest absolute Gasteiger partial charge is 0.0376 e. The Morgan fingerprint density at radius 3 is 3.06 bits per heavy atom. The molecule has 0 aliphatic carbocycles. The van der Waals surface area contributed by atoms with Crippen LogP contribution in [0.1, 0.15) is 30.7 Å². The average Bonchev–Trinajstić information content (AvgIpc) is 2.80. The van der Waals surface area contributed by atoms with Crippen molar-refractivity contribution in [3.63, 3.8) is 0 Å². The topological polar surface area (TPSA) is 15.3 Å². The maximum absolute atomic E-state index is 3.76. The van der Waals surface area contributed by atoms with E-state index in [1.54, 1.807) is 0 Å². The molecular weight excluding hydrogens is 220 g/mol. The van der Waals surface area contributed by atoms with E-state index >= 15 is 0 Å². The van der Waals surface area contributed by atoms with Gasteiger partial charge in [0.2, 0.25) is 0 Å². The van der Waals surface area contributed by atoms with Gasteiger partial charge in [0.05, 0.1) is 0 Å². The van der Waals surface area contributed by atoms with Crippen molar-refractivity contribution in [2.45, 2.75) is 25.2 Å².